The van der Waals surface area contributed by atoms with E-state index in [0.717, 1.165) is 23.6 Å². The molecule has 172 valence electrons. The summed E-state index contributed by atoms with van der Waals surface area (Å²) < 4.78 is 42.9. The van der Waals surface area contributed by atoms with E-state index in [1.54, 1.807) is 25.3 Å². The van der Waals surface area contributed by atoms with E-state index in [1.165, 1.54) is 30.4 Å². The van der Waals surface area contributed by atoms with Crippen molar-refractivity contribution >= 4 is 34.7 Å². The van der Waals surface area contributed by atoms with Gasteiger partial charge in [-0.2, -0.15) is 18.3 Å². The molecule has 0 fully saturated rings. The predicted octanol–water partition coefficient (Wildman–Crippen LogP) is 4.51. The summed E-state index contributed by atoms with van der Waals surface area (Å²) in [6.07, 6.45) is 1.47. The lowest BCUT2D eigenvalue weighted by Gasteiger charge is -2.20. The first kappa shape index (κ1) is 22.9. The topological polar surface area (TPSA) is 84.5 Å². The van der Waals surface area contributed by atoms with E-state index in [9.17, 15) is 13.2 Å². The van der Waals surface area contributed by atoms with Crippen molar-refractivity contribution in [3.8, 4) is 11.4 Å². The average molecular weight is 475 g/mol. The van der Waals surface area contributed by atoms with Gasteiger partial charge in [-0.05, 0) is 39.2 Å². The van der Waals surface area contributed by atoms with Gasteiger partial charge in [0.25, 0.3) is 0 Å². The Bertz CT molecular complexity index is 1230. The number of fused-ring (bicyclic) bond motifs is 1. The van der Waals surface area contributed by atoms with Crippen molar-refractivity contribution < 1.29 is 13.2 Å². The number of nitrogens with zero attached hydrogens (tertiary/aromatic N) is 8. The standard InChI is InChI=1S/C21H21F3N8S/c1-5-31(6-2)15-8-7-13(12(3)27-15)28-16-18(21(22,23)24)30-32-17(14-11-25-9-10-26-14)20(33-4)29-19(16)32/h7-11H,5-6H2,1-4H3/b28-16-. The number of aliphatic imine (C=N–C) groups is 1. The number of thioether (sulfide) groups is 1. The summed E-state index contributed by atoms with van der Waals surface area (Å²) >= 11 is 1.28. The Hall–Kier alpha value is -3.28. The van der Waals surface area contributed by atoms with E-state index in [4.69, 9.17) is 0 Å². The van der Waals surface area contributed by atoms with Crippen LogP contribution < -0.4 is 4.90 Å². The van der Waals surface area contributed by atoms with Crippen LogP contribution in [0.15, 0.2) is 45.8 Å². The number of imidazole rings is 1. The summed E-state index contributed by atoms with van der Waals surface area (Å²) in [5.74, 6) is 0.744. The molecule has 0 atom stereocenters. The van der Waals surface area contributed by atoms with Crippen LogP contribution in [0.2, 0.25) is 0 Å². The van der Waals surface area contributed by atoms with Crippen LogP contribution in [0, 0.1) is 6.92 Å². The number of alkyl halides is 3. The zero-order valence-corrected chi connectivity index (χ0v) is 19.2. The molecule has 0 saturated heterocycles. The molecule has 0 N–H and O–H groups in total. The monoisotopic (exact) mass is 474 g/mol. The number of pyridine rings is 1. The Balaban J connectivity index is 1.88. The van der Waals surface area contributed by atoms with Gasteiger partial charge in [0.05, 0.1) is 17.6 Å². The van der Waals surface area contributed by atoms with Crippen LogP contribution in [0.4, 0.5) is 24.7 Å². The lowest BCUT2D eigenvalue weighted by atomic mass is 10.2. The molecule has 3 aromatic rings. The van der Waals surface area contributed by atoms with Crippen molar-refractivity contribution in [2.24, 2.45) is 10.1 Å². The molecule has 8 nitrogen and oxygen atoms in total. The molecule has 4 rings (SSSR count). The molecule has 0 aliphatic carbocycles. The Morgan fingerprint density at radius 1 is 1.12 bits per heavy atom. The van der Waals surface area contributed by atoms with E-state index in [-0.39, 0.29) is 11.5 Å². The highest BCUT2D eigenvalue weighted by atomic mass is 32.2. The van der Waals surface area contributed by atoms with Crippen LogP contribution in [-0.4, -0.2) is 61.6 Å². The lowest BCUT2D eigenvalue weighted by Crippen LogP contribution is -2.29. The highest BCUT2D eigenvalue weighted by Crippen LogP contribution is 2.36. The second kappa shape index (κ2) is 8.93. The molecular formula is C21H21F3N8S. The molecule has 0 saturated carbocycles. The highest BCUT2D eigenvalue weighted by Gasteiger charge is 2.46. The summed E-state index contributed by atoms with van der Waals surface area (Å²) in [6.45, 7) is 7.27. The average Bonchev–Trinajstić information content (AvgIpc) is 3.33. The molecule has 1 aliphatic rings. The number of aromatic nitrogens is 5. The first-order chi connectivity index (χ1) is 15.8. The molecule has 0 amide bonds. The molecule has 12 heteroatoms. The van der Waals surface area contributed by atoms with Crippen molar-refractivity contribution in [1.82, 2.24) is 24.6 Å². The summed E-state index contributed by atoms with van der Waals surface area (Å²) in [4.78, 5) is 23.6. The molecule has 0 spiro atoms. The van der Waals surface area contributed by atoms with E-state index >= 15 is 0 Å². The molecule has 0 unspecified atom stereocenters. The minimum Gasteiger partial charge on any atom is -0.357 e. The summed E-state index contributed by atoms with van der Waals surface area (Å²) in [7, 11) is 0. The van der Waals surface area contributed by atoms with Gasteiger partial charge >= 0.3 is 6.18 Å². The number of hydrogen-bond donors (Lipinski definition) is 0. The van der Waals surface area contributed by atoms with Gasteiger partial charge in [0, 0.05) is 25.5 Å². The predicted molar refractivity (Wildman–Crippen MR) is 123 cm³/mol. The number of aryl methyl sites for hydroxylation is 1. The SMILES string of the molecule is CCN(CC)c1ccc(/N=C2/C(C(F)(F)F)=Nn3c2nc(SC)c3-c2cnccn2)c(C)n1. The summed E-state index contributed by atoms with van der Waals surface area (Å²) in [5.41, 5.74) is 0.0694. The second-order valence-corrected chi connectivity index (χ2v) is 7.84. The molecule has 0 radical (unpaired) electrons. The quantitative estimate of drug-likeness (QED) is 0.489. The van der Waals surface area contributed by atoms with Crippen molar-refractivity contribution in [2.75, 3.05) is 24.2 Å². The van der Waals surface area contributed by atoms with Gasteiger partial charge in [-0.15, -0.1) is 11.8 Å². The van der Waals surface area contributed by atoms with Crippen LogP contribution in [0.25, 0.3) is 11.4 Å². The molecule has 4 heterocycles. The van der Waals surface area contributed by atoms with E-state index in [2.05, 4.69) is 30.0 Å². The van der Waals surface area contributed by atoms with Crippen molar-refractivity contribution in [2.45, 2.75) is 32.0 Å². The minimum atomic E-state index is -4.72. The fraction of sp³-hybridized carbons (Fsp3) is 0.333. The maximum absolute atomic E-state index is 13.9. The van der Waals surface area contributed by atoms with Gasteiger partial charge in [0.1, 0.15) is 27.9 Å². The second-order valence-electron chi connectivity index (χ2n) is 7.05. The molecule has 33 heavy (non-hydrogen) atoms. The van der Waals surface area contributed by atoms with Gasteiger partial charge in [0.15, 0.2) is 11.5 Å². The maximum atomic E-state index is 13.9. The normalized spacial score (nSPS) is 14.5. The fourth-order valence-corrected chi connectivity index (χ4v) is 4.04. The molecular weight excluding hydrogens is 453 g/mol. The summed E-state index contributed by atoms with van der Waals surface area (Å²) in [6, 6.07) is 3.42. The Morgan fingerprint density at radius 2 is 1.88 bits per heavy atom. The number of hydrogen-bond acceptors (Lipinski definition) is 8. The third kappa shape index (κ3) is 4.22. The Labute approximate surface area is 192 Å². The van der Waals surface area contributed by atoms with E-state index in [1.807, 2.05) is 18.7 Å². The number of anilines is 1. The lowest BCUT2D eigenvalue weighted by molar-refractivity contribution is -0.0567. The molecule has 1 aliphatic heterocycles. The van der Waals surface area contributed by atoms with Gasteiger partial charge in [-0.1, -0.05) is 0 Å². The highest BCUT2D eigenvalue weighted by molar-refractivity contribution is 7.98. The van der Waals surface area contributed by atoms with Crippen molar-refractivity contribution in [3.63, 3.8) is 0 Å². The fourth-order valence-electron chi connectivity index (χ4n) is 3.48. The zero-order chi connectivity index (χ0) is 23.8. The smallest absolute Gasteiger partial charge is 0.357 e. The molecule has 0 aromatic carbocycles. The van der Waals surface area contributed by atoms with Crippen LogP contribution in [-0.2, 0) is 0 Å². The van der Waals surface area contributed by atoms with Gasteiger partial charge < -0.3 is 4.90 Å². The van der Waals surface area contributed by atoms with Gasteiger partial charge in [0.2, 0.25) is 0 Å². The van der Waals surface area contributed by atoms with Crippen LogP contribution >= 0.6 is 11.8 Å². The van der Waals surface area contributed by atoms with E-state index < -0.39 is 11.9 Å². The largest absolute Gasteiger partial charge is 0.437 e. The zero-order valence-electron chi connectivity index (χ0n) is 18.4. The van der Waals surface area contributed by atoms with E-state index in [0.29, 0.717) is 27.8 Å². The number of rotatable bonds is 6. The van der Waals surface area contributed by atoms with Crippen LogP contribution in [0.1, 0.15) is 25.4 Å². The van der Waals surface area contributed by atoms with Gasteiger partial charge in [-0.25, -0.2) is 19.6 Å². The third-order valence-corrected chi connectivity index (χ3v) is 5.76. The van der Waals surface area contributed by atoms with Crippen LogP contribution in [0.5, 0.6) is 0 Å². The van der Waals surface area contributed by atoms with Crippen molar-refractivity contribution in [3.05, 3.63) is 42.2 Å². The molecule has 3 aromatic heterocycles. The van der Waals surface area contributed by atoms with Gasteiger partial charge in [-0.3, -0.25) is 9.97 Å². The Morgan fingerprint density at radius 3 is 2.45 bits per heavy atom. The van der Waals surface area contributed by atoms with Crippen molar-refractivity contribution in [1.29, 1.82) is 0 Å². The number of halogens is 3. The first-order valence-corrected chi connectivity index (χ1v) is 11.4. The summed E-state index contributed by atoms with van der Waals surface area (Å²) in [5, 5.41) is 4.33. The molecule has 0 bridgehead atoms. The van der Waals surface area contributed by atoms with Crippen LogP contribution in [0.3, 0.4) is 0 Å². The first-order valence-electron chi connectivity index (χ1n) is 10.2. The minimum absolute atomic E-state index is 0.000419. The Kier molecular flexibility index (Phi) is 6.19. The maximum Gasteiger partial charge on any atom is 0.437 e. The third-order valence-electron chi connectivity index (χ3n) is 5.09.